The highest BCUT2D eigenvalue weighted by Gasteiger charge is 2.34. The summed E-state index contributed by atoms with van der Waals surface area (Å²) in [6, 6.07) is 12.7. The molecule has 1 saturated heterocycles. The highest BCUT2D eigenvalue weighted by Crippen LogP contribution is 2.23. The molecule has 3 N–H and O–H groups in total. The van der Waals surface area contributed by atoms with Crippen LogP contribution in [0.2, 0.25) is 5.02 Å². The second-order valence-corrected chi connectivity index (χ2v) is 8.66. The lowest BCUT2D eigenvalue weighted by Crippen LogP contribution is -2.54. The Kier molecular flexibility index (Phi) is 9.75. The van der Waals surface area contributed by atoms with Crippen LogP contribution in [-0.2, 0) is 9.53 Å². The van der Waals surface area contributed by atoms with Gasteiger partial charge in [-0.05, 0) is 61.2 Å². The molecule has 188 valence electrons. The van der Waals surface area contributed by atoms with Crippen molar-refractivity contribution in [3.8, 4) is 5.75 Å². The first-order chi connectivity index (χ1) is 16.9. The van der Waals surface area contributed by atoms with Crippen LogP contribution >= 0.6 is 11.6 Å². The summed E-state index contributed by atoms with van der Waals surface area (Å²) in [6.07, 6.45) is 1.13. The van der Waals surface area contributed by atoms with Crippen LogP contribution in [0.5, 0.6) is 5.75 Å². The van der Waals surface area contributed by atoms with Crippen molar-refractivity contribution in [2.24, 2.45) is 5.92 Å². The molecule has 2 aromatic carbocycles. The van der Waals surface area contributed by atoms with Crippen molar-refractivity contribution in [2.45, 2.75) is 18.9 Å². The molecule has 0 saturated carbocycles. The van der Waals surface area contributed by atoms with E-state index in [1.807, 2.05) is 0 Å². The minimum atomic E-state index is -0.736. The molecule has 1 heterocycles. The topological polar surface area (TPSA) is 109 Å². The number of anilines is 1. The molecule has 0 spiro atoms. The van der Waals surface area contributed by atoms with Crippen LogP contribution in [-0.4, -0.2) is 69.2 Å². The molecule has 0 unspecified atom stereocenters. The van der Waals surface area contributed by atoms with Gasteiger partial charge in [0.05, 0.1) is 13.7 Å². The van der Waals surface area contributed by atoms with Gasteiger partial charge in [-0.3, -0.25) is 9.59 Å². The van der Waals surface area contributed by atoms with Crippen molar-refractivity contribution in [1.82, 2.24) is 15.5 Å². The van der Waals surface area contributed by atoms with Gasteiger partial charge in [0.2, 0.25) is 5.91 Å². The molecule has 1 aliphatic heterocycles. The molecule has 1 fully saturated rings. The Balaban J connectivity index is 1.63. The van der Waals surface area contributed by atoms with Crippen LogP contribution in [0.1, 0.15) is 23.2 Å². The van der Waals surface area contributed by atoms with Gasteiger partial charge in [0, 0.05) is 43.0 Å². The third kappa shape index (κ3) is 7.60. The molecule has 0 aliphatic carbocycles. The molecule has 1 atom stereocenters. The van der Waals surface area contributed by atoms with E-state index in [0.717, 1.165) is 0 Å². The van der Waals surface area contributed by atoms with Gasteiger partial charge in [-0.15, -0.1) is 0 Å². The van der Waals surface area contributed by atoms with Gasteiger partial charge < -0.3 is 30.3 Å². The maximum atomic E-state index is 13.0. The van der Waals surface area contributed by atoms with Crippen LogP contribution in [0.3, 0.4) is 0 Å². The zero-order valence-corrected chi connectivity index (χ0v) is 20.6. The van der Waals surface area contributed by atoms with Gasteiger partial charge in [0.25, 0.3) is 5.91 Å². The van der Waals surface area contributed by atoms with Crippen molar-refractivity contribution in [3.63, 3.8) is 0 Å². The fraction of sp³-hybridized carbons (Fsp3) is 0.400. The third-order valence-electron chi connectivity index (χ3n) is 5.90. The summed E-state index contributed by atoms with van der Waals surface area (Å²) < 4.78 is 10.2. The van der Waals surface area contributed by atoms with Gasteiger partial charge in [-0.1, -0.05) is 17.7 Å². The normalized spacial score (nSPS) is 14.7. The Hall–Kier alpha value is -3.30. The van der Waals surface area contributed by atoms with Gasteiger partial charge in [-0.2, -0.15) is 0 Å². The summed E-state index contributed by atoms with van der Waals surface area (Å²) in [6.45, 7) is 1.62. The Bertz CT molecular complexity index is 1010. The van der Waals surface area contributed by atoms with E-state index in [9.17, 15) is 14.4 Å². The number of ether oxygens (including phenoxy) is 2. The minimum Gasteiger partial charge on any atom is -0.497 e. The van der Waals surface area contributed by atoms with Gasteiger partial charge in [0.15, 0.2) is 0 Å². The predicted octanol–water partition coefficient (Wildman–Crippen LogP) is 3.15. The number of halogens is 1. The smallest absolute Gasteiger partial charge is 0.321 e. The molecule has 9 nitrogen and oxygen atoms in total. The van der Waals surface area contributed by atoms with Gasteiger partial charge in [0.1, 0.15) is 11.8 Å². The molecule has 10 heteroatoms. The second-order valence-electron chi connectivity index (χ2n) is 8.23. The Morgan fingerprint density at radius 1 is 1.09 bits per heavy atom. The van der Waals surface area contributed by atoms with Crippen molar-refractivity contribution in [3.05, 3.63) is 59.1 Å². The quantitative estimate of drug-likeness (QED) is 0.456. The molecule has 4 amide bonds. The van der Waals surface area contributed by atoms with Crippen molar-refractivity contribution in [1.29, 1.82) is 0 Å². The first-order valence-corrected chi connectivity index (χ1v) is 11.8. The van der Waals surface area contributed by atoms with Crippen LogP contribution in [0.25, 0.3) is 0 Å². The number of carbonyl (C=O) groups is 3. The first kappa shape index (κ1) is 26.3. The van der Waals surface area contributed by atoms with E-state index in [-0.39, 0.29) is 23.8 Å². The van der Waals surface area contributed by atoms with E-state index in [0.29, 0.717) is 61.1 Å². The number of nitrogens with one attached hydrogen (secondary N) is 3. The Morgan fingerprint density at radius 2 is 1.80 bits per heavy atom. The SMILES string of the molecule is COCCNC(=O)[C@H](NC(=O)c1ccc(OC)cc1)C1CCN(C(=O)Nc2cccc(Cl)c2)CC1. The lowest BCUT2D eigenvalue weighted by atomic mass is 9.88. The standard InChI is InChI=1S/C25H31ClN4O5/c1-34-15-12-27-24(32)22(29-23(31)18-6-8-21(35-2)9-7-18)17-10-13-30(14-11-17)25(33)28-20-5-3-4-19(26)16-20/h3-9,16-17,22H,10-15H2,1-2H3,(H,27,32)(H,28,33)(H,29,31)/t22-/m1/s1. The number of benzene rings is 2. The molecule has 35 heavy (non-hydrogen) atoms. The van der Waals surface area contributed by atoms with E-state index < -0.39 is 6.04 Å². The summed E-state index contributed by atoms with van der Waals surface area (Å²) in [5, 5.41) is 9.10. The summed E-state index contributed by atoms with van der Waals surface area (Å²) in [4.78, 5) is 40.2. The number of nitrogens with zero attached hydrogens (tertiary/aromatic N) is 1. The Labute approximate surface area is 210 Å². The Morgan fingerprint density at radius 3 is 2.43 bits per heavy atom. The summed E-state index contributed by atoms with van der Waals surface area (Å²) >= 11 is 5.99. The number of amides is 4. The lowest BCUT2D eigenvalue weighted by molar-refractivity contribution is -0.124. The average molecular weight is 503 g/mol. The number of urea groups is 1. The number of carbonyl (C=O) groups excluding carboxylic acids is 3. The van der Waals surface area contributed by atoms with Gasteiger partial charge in [-0.25, -0.2) is 4.79 Å². The molecule has 0 bridgehead atoms. The van der Waals surface area contributed by atoms with Crippen LogP contribution in [0.15, 0.2) is 48.5 Å². The first-order valence-electron chi connectivity index (χ1n) is 11.4. The second kappa shape index (κ2) is 13.0. The summed E-state index contributed by atoms with van der Waals surface area (Å²) in [7, 11) is 3.11. The number of rotatable bonds is 9. The van der Waals surface area contributed by atoms with E-state index in [2.05, 4.69) is 16.0 Å². The zero-order chi connectivity index (χ0) is 25.2. The van der Waals surface area contributed by atoms with Gasteiger partial charge >= 0.3 is 6.03 Å². The summed E-state index contributed by atoms with van der Waals surface area (Å²) in [5.74, 6) is -0.111. The fourth-order valence-corrected chi connectivity index (χ4v) is 4.15. The van der Waals surface area contributed by atoms with E-state index in [1.165, 1.54) is 0 Å². The number of likely N-dealkylation sites (tertiary alicyclic amines) is 1. The minimum absolute atomic E-state index is 0.130. The monoisotopic (exact) mass is 502 g/mol. The number of hydrogen-bond acceptors (Lipinski definition) is 5. The molecule has 0 radical (unpaired) electrons. The highest BCUT2D eigenvalue weighted by molar-refractivity contribution is 6.30. The van der Waals surface area contributed by atoms with Crippen molar-refractivity contribution in [2.75, 3.05) is 45.8 Å². The van der Waals surface area contributed by atoms with E-state index in [4.69, 9.17) is 21.1 Å². The third-order valence-corrected chi connectivity index (χ3v) is 6.14. The molecule has 0 aromatic heterocycles. The number of piperidine rings is 1. The van der Waals surface area contributed by atoms with E-state index >= 15 is 0 Å². The van der Waals surface area contributed by atoms with Crippen molar-refractivity contribution >= 4 is 35.1 Å². The molecule has 1 aliphatic rings. The molecular formula is C25H31ClN4O5. The van der Waals surface area contributed by atoms with Crippen LogP contribution < -0.4 is 20.7 Å². The van der Waals surface area contributed by atoms with Crippen LogP contribution in [0, 0.1) is 5.92 Å². The van der Waals surface area contributed by atoms with E-state index in [1.54, 1.807) is 67.7 Å². The maximum Gasteiger partial charge on any atom is 0.321 e. The predicted molar refractivity (Wildman–Crippen MR) is 134 cm³/mol. The molecule has 3 rings (SSSR count). The molecular weight excluding hydrogens is 472 g/mol. The number of hydrogen-bond donors (Lipinski definition) is 3. The molecule has 2 aromatic rings. The largest absolute Gasteiger partial charge is 0.497 e. The highest BCUT2D eigenvalue weighted by atomic mass is 35.5. The van der Waals surface area contributed by atoms with Crippen LogP contribution in [0.4, 0.5) is 10.5 Å². The number of methoxy groups -OCH3 is 2. The van der Waals surface area contributed by atoms with Crippen molar-refractivity contribution < 1.29 is 23.9 Å². The zero-order valence-electron chi connectivity index (χ0n) is 19.9. The maximum absolute atomic E-state index is 13.0. The summed E-state index contributed by atoms with van der Waals surface area (Å²) in [5.41, 5.74) is 1.05. The fourth-order valence-electron chi connectivity index (χ4n) is 3.96. The lowest BCUT2D eigenvalue weighted by Gasteiger charge is -2.35. The average Bonchev–Trinajstić information content (AvgIpc) is 2.87.